The second-order valence-electron chi connectivity index (χ2n) is 4.83. The summed E-state index contributed by atoms with van der Waals surface area (Å²) in [4.78, 5) is 11.4. The van der Waals surface area contributed by atoms with Crippen molar-refractivity contribution in [1.82, 2.24) is 0 Å². The number of hydrogen-bond acceptors (Lipinski definition) is 4. The van der Waals surface area contributed by atoms with Crippen LogP contribution in [-0.2, 0) is 4.74 Å². The van der Waals surface area contributed by atoms with Crippen LogP contribution in [0.1, 0.15) is 42.3 Å². The first-order valence-electron chi connectivity index (χ1n) is 5.52. The summed E-state index contributed by atoms with van der Waals surface area (Å²) in [7, 11) is 1.33. The van der Waals surface area contributed by atoms with Crippen molar-refractivity contribution in [3.63, 3.8) is 0 Å². The summed E-state index contributed by atoms with van der Waals surface area (Å²) in [6.07, 6.45) is -0.108. The molecule has 1 unspecified atom stereocenters. The second kappa shape index (κ2) is 4.04. The SMILES string of the molecule is COC(=O)c1ccc2c(c1)C(O)CC(C)(C)O2. The molecule has 0 saturated heterocycles. The summed E-state index contributed by atoms with van der Waals surface area (Å²) in [6.45, 7) is 3.85. The molecule has 17 heavy (non-hydrogen) atoms. The molecule has 1 aliphatic heterocycles. The number of carbonyl (C=O) groups is 1. The molecule has 2 rings (SSSR count). The number of fused-ring (bicyclic) bond motifs is 1. The van der Waals surface area contributed by atoms with Crippen LogP contribution in [0.4, 0.5) is 0 Å². The molecule has 0 amide bonds. The van der Waals surface area contributed by atoms with E-state index in [9.17, 15) is 9.90 Å². The molecule has 1 aliphatic rings. The normalized spacial score (nSPS) is 21.3. The molecule has 0 aromatic heterocycles. The van der Waals surface area contributed by atoms with Crippen LogP contribution >= 0.6 is 0 Å². The maximum atomic E-state index is 11.4. The van der Waals surface area contributed by atoms with Crippen molar-refractivity contribution < 1.29 is 19.4 Å². The summed E-state index contributed by atoms with van der Waals surface area (Å²) in [5, 5.41) is 10.0. The molecule has 1 aromatic carbocycles. The van der Waals surface area contributed by atoms with E-state index in [1.54, 1.807) is 18.2 Å². The molecule has 0 aliphatic carbocycles. The van der Waals surface area contributed by atoms with Gasteiger partial charge in [-0.1, -0.05) is 0 Å². The molecule has 0 radical (unpaired) electrons. The number of benzene rings is 1. The molecule has 4 nitrogen and oxygen atoms in total. The lowest BCUT2D eigenvalue weighted by molar-refractivity contribution is 0.0115. The van der Waals surface area contributed by atoms with E-state index in [0.717, 1.165) is 0 Å². The number of hydrogen-bond donors (Lipinski definition) is 1. The average Bonchev–Trinajstić information content (AvgIpc) is 2.26. The Kier molecular flexibility index (Phi) is 2.83. The van der Waals surface area contributed by atoms with E-state index in [2.05, 4.69) is 4.74 Å². The smallest absolute Gasteiger partial charge is 0.337 e. The highest BCUT2D eigenvalue weighted by Crippen LogP contribution is 2.39. The zero-order chi connectivity index (χ0) is 12.6. The van der Waals surface area contributed by atoms with Gasteiger partial charge in [0.1, 0.15) is 11.4 Å². The minimum absolute atomic E-state index is 0.390. The van der Waals surface area contributed by atoms with Gasteiger partial charge in [-0.3, -0.25) is 0 Å². The van der Waals surface area contributed by atoms with Crippen molar-refractivity contribution >= 4 is 5.97 Å². The third kappa shape index (κ3) is 2.26. The fourth-order valence-corrected chi connectivity index (χ4v) is 2.06. The lowest BCUT2D eigenvalue weighted by Gasteiger charge is -2.35. The maximum Gasteiger partial charge on any atom is 0.337 e. The molecular formula is C13H16O4. The molecule has 4 heteroatoms. The highest BCUT2D eigenvalue weighted by atomic mass is 16.5. The lowest BCUT2D eigenvalue weighted by atomic mass is 9.91. The number of rotatable bonds is 1. The van der Waals surface area contributed by atoms with E-state index in [-0.39, 0.29) is 5.60 Å². The monoisotopic (exact) mass is 236 g/mol. The van der Waals surface area contributed by atoms with Crippen LogP contribution in [0.2, 0.25) is 0 Å². The highest BCUT2D eigenvalue weighted by molar-refractivity contribution is 5.89. The summed E-state index contributed by atoms with van der Waals surface area (Å²) in [5.74, 6) is 0.214. The minimum Gasteiger partial charge on any atom is -0.487 e. The fraction of sp³-hybridized carbons (Fsp3) is 0.462. The van der Waals surface area contributed by atoms with E-state index in [1.165, 1.54) is 7.11 Å². The Labute approximate surface area is 100 Å². The van der Waals surface area contributed by atoms with Gasteiger partial charge in [0.05, 0.1) is 18.8 Å². The largest absolute Gasteiger partial charge is 0.487 e. The molecule has 1 aromatic rings. The van der Waals surface area contributed by atoms with Crippen LogP contribution in [0.3, 0.4) is 0 Å². The van der Waals surface area contributed by atoms with Crippen molar-refractivity contribution in [3.8, 4) is 5.75 Å². The Morgan fingerprint density at radius 2 is 2.24 bits per heavy atom. The third-order valence-electron chi connectivity index (χ3n) is 2.86. The Bertz CT molecular complexity index is 451. The fourth-order valence-electron chi connectivity index (χ4n) is 2.06. The first-order chi connectivity index (χ1) is 7.93. The summed E-state index contributed by atoms with van der Waals surface area (Å²) < 4.78 is 10.4. The zero-order valence-electron chi connectivity index (χ0n) is 10.2. The third-order valence-corrected chi connectivity index (χ3v) is 2.86. The number of ether oxygens (including phenoxy) is 2. The predicted octanol–water partition coefficient (Wildman–Crippen LogP) is 2.07. The van der Waals surface area contributed by atoms with Gasteiger partial charge in [0, 0.05) is 12.0 Å². The molecule has 1 atom stereocenters. The van der Waals surface area contributed by atoms with Crippen molar-refractivity contribution in [2.24, 2.45) is 0 Å². The van der Waals surface area contributed by atoms with Gasteiger partial charge in [0.2, 0.25) is 0 Å². The van der Waals surface area contributed by atoms with Crippen LogP contribution in [0.15, 0.2) is 18.2 Å². The molecule has 0 saturated carbocycles. The quantitative estimate of drug-likeness (QED) is 0.758. The van der Waals surface area contributed by atoms with Gasteiger partial charge < -0.3 is 14.6 Å². The minimum atomic E-state index is -0.613. The average molecular weight is 236 g/mol. The van der Waals surface area contributed by atoms with Crippen LogP contribution in [0, 0.1) is 0 Å². The maximum absolute atomic E-state index is 11.4. The number of methoxy groups -OCH3 is 1. The zero-order valence-corrected chi connectivity index (χ0v) is 10.2. The first kappa shape index (κ1) is 11.9. The van der Waals surface area contributed by atoms with E-state index in [4.69, 9.17) is 4.74 Å². The lowest BCUT2D eigenvalue weighted by Crippen LogP contribution is -2.34. The van der Waals surface area contributed by atoms with Crippen LogP contribution in [0.5, 0.6) is 5.75 Å². The van der Waals surface area contributed by atoms with Crippen molar-refractivity contribution in [2.45, 2.75) is 32.0 Å². The Balaban J connectivity index is 2.40. The molecular weight excluding hydrogens is 220 g/mol. The number of carbonyl (C=O) groups excluding carboxylic acids is 1. The number of esters is 1. The molecule has 1 N–H and O–H groups in total. The number of aliphatic hydroxyl groups excluding tert-OH is 1. The van der Waals surface area contributed by atoms with Gasteiger partial charge in [-0.05, 0) is 32.0 Å². The summed E-state index contributed by atoms with van der Waals surface area (Å²) >= 11 is 0. The van der Waals surface area contributed by atoms with Gasteiger partial charge in [-0.2, -0.15) is 0 Å². The standard InChI is InChI=1S/C13H16O4/c1-13(2)7-10(14)9-6-8(12(15)16-3)4-5-11(9)17-13/h4-6,10,14H,7H2,1-3H3. The topological polar surface area (TPSA) is 55.8 Å². The number of aliphatic hydroxyl groups is 1. The van der Waals surface area contributed by atoms with Gasteiger partial charge in [0.15, 0.2) is 0 Å². The van der Waals surface area contributed by atoms with Crippen LogP contribution < -0.4 is 4.74 Å². The van der Waals surface area contributed by atoms with E-state index >= 15 is 0 Å². The van der Waals surface area contributed by atoms with E-state index in [1.807, 2.05) is 13.8 Å². The van der Waals surface area contributed by atoms with Crippen LogP contribution in [0.25, 0.3) is 0 Å². The van der Waals surface area contributed by atoms with Gasteiger partial charge >= 0.3 is 5.97 Å². The van der Waals surface area contributed by atoms with E-state index in [0.29, 0.717) is 23.3 Å². The molecule has 1 heterocycles. The second-order valence-corrected chi connectivity index (χ2v) is 4.83. The van der Waals surface area contributed by atoms with Crippen molar-refractivity contribution in [1.29, 1.82) is 0 Å². The van der Waals surface area contributed by atoms with Crippen LogP contribution in [-0.4, -0.2) is 23.8 Å². The highest BCUT2D eigenvalue weighted by Gasteiger charge is 2.33. The first-order valence-corrected chi connectivity index (χ1v) is 5.52. The molecule has 0 spiro atoms. The van der Waals surface area contributed by atoms with Gasteiger partial charge in [0.25, 0.3) is 0 Å². The van der Waals surface area contributed by atoms with E-state index < -0.39 is 12.1 Å². The molecule has 0 fully saturated rings. The molecule has 0 bridgehead atoms. The predicted molar refractivity (Wildman–Crippen MR) is 62.1 cm³/mol. The van der Waals surface area contributed by atoms with Gasteiger partial charge in [-0.15, -0.1) is 0 Å². The Hall–Kier alpha value is -1.55. The molecule has 92 valence electrons. The van der Waals surface area contributed by atoms with Crippen molar-refractivity contribution in [3.05, 3.63) is 29.3 Å². The van der Waals surface area contributed by atoms with Gasteiger partial charge in [-0.25, -0.2) is 4.79 Å². The summed E-state index contributed by atoms with van der Waals surface area (Å²) in [5.41, 5.74) is 0.681. The Morgan fingerprint density at radius 3 is 2.88 bits per heavy atom. The van der Waals surface area contributed by atoms with Crippen molar-refractivity contribution in [2.75, 3.05) is 7.11 Å². The Morgan fingerprint density at radius 1 is 1.53 bits per heavy atom. The summed E-state index contributed by atoms with van der Waals surface area (Å²) in [6, 6.07) is 4.96.